The van der Waals surface area contributed by atoms with Crippen LogP contribution in [0.5, 0.6) is 0 Å². The van der Waals surface area contributed by atoms with Crippen LogP contribution in [0.15, 0.2) is 54.6 Å². The molecule has 1 aliphatic heterocycles. The monoisotopic (exact) mass is 395 g/mol. The summed E-state index contributed by atoms with van der Waals surface area (Å²) in [5.41, 5.74) is 1.80. The maximum atomic E-state index is 12.7. The normalized spacial score (nSPS) is 19.6. The molecule has 1 saturated heterocycles. The van der Waals surface area contributed by atoms with Gasteiger partial charge in [0, 0.05) is 30.2 Å². The molecule has 1 aliphatic rings. The van der Waals surface area contributed by atoms with Gasteiger partial charge >= 0.3 is 0 Å². The Morgan fingerprint density at radius 3 is 2.75 bits per heavy atom. The first kappa shape index (κ1) is 18.7. The number of likely N-dealkylation sites (tertiary alicyclic amines) is 1. The lowest BCUT2D eigenvalue weighted by atomic mass is 10.0. The molecule has 2 unspecified atom stereocenters. The number of hydrogen-bond acceptors (Lipinski definition) is 4. The van der Waals surface area contributed by atoms with Crippen LogP contribution in [0.25, 0.3) is 0 Å². The number of carbonyl (C=O) groups excluding carboxylic acids is 1. The van der Waals surface area contributed by atoms with E-state index in [1.165, 1.54) is 0 Å². The summed E-state index contributed by atoms with van der Waals surface area (Å²) in [6, 6.07) is 17.1. The standard InChI is InChI=1S/C21H22ClN5O/c1-14-23-20(26-25-14)18-12-27(11-15-6-5-9-17(22)10-15)13-19(18)24-21(28)16-7-3-2-4-8-16/h2-10,18-19H,11-13H2,1H3,(H,24,28)(H,23,25,26). The van der Waals surface area contributed by atoms with E-state index in [1.54, 1.807) is 0 Å². The van der Waals surface area contributed by atoms with Crippen LogP contribution in [-0.4, -0.2) is 45.1 Å². The van der Waals surface area contributed by atoms with Gasteiger partial charge in [0.2, 0.25) is 0 Å². The summed E-state index contributed by atoms with van der Waals surface area (Å²) in [6.45, 7) is 4.14. The molecular weight excluding hydrogens is 374 g/mol. The second-order valence-electron chi connectivity index (χ2n) is 7.16. The van der Waals surface area contributed by atoms with Crippen molar-refractivity contribution >= 4 is 17.5 Å². The number of H-pyrrole nitrogens is 1. The third kappa shape index (κ3) is 4.24. The number of hydrogen-bond donors (Lipinski definition) is 2. The fourth-order valence-corrected chi connectivity index (χ4v) is 3.90. The van der Waals surface area contributed by atoms with E-state index in [2.05, 4.69) is 31.5 Å². The number of nitrogens with zero attached hydrogens (tertiary/aromatic N) is 3. The van der Waals surface area contributed by atoms with Crippen LogP contribution in [0.1, 0.15) is 33.5 Å². The highest BCUT2D eigenvalue weighted by Gasteiger charge is 2.37. The number of aromatic nitrogens is 3. The number of halogens is 1. The smallest absolute Gasteiger partial charge is 0.251 e. The molecule has 144 valence electrons. The SMILES string of the molecule is Cc1nc(C2CN(Cc3cccc(Cl)c3)CC2NC(=O)c2ccccc2)n[nH]1. The van der Waals surface area contributed by atoms with Crippen molar-refractivity contribution in [3.63, 3.8) is 0 Å². The van der Waals surface area contributed by atoms with Crippen molar-refractivity contribution in [2.75, 3.05) is 13.1 Å². The summed E-state index contributed by atoms with van der Waals surface area (Å²) < 4.78 is 0. The van der Waals surface area contributed by atoms with Crippen LogP contribution in [0.4, 0.5) is 0 Å². The number of carbonyl (C=O) groups is 1. The molecule has 2 heterocycles. The molecule has 2 atom stereocenters. The highest BCUT2D eigenvalue weighted by atomic mass is 35.5. The molecule has 3 aromatic rings. The van der Waals surface area contributed by atoms with E-state index in [1.807, 2.05) is 55.5 Å². The summed E-state index contributed by atoms with van der Waals surface area (Å²) in [5, 5.41) is 11.2. The molecular formula is C21H22ClN5O. The van der Waals surface area contributed by atoms with Crippen molar-refractivity contribution < 1.29 is 4.79 Å². The van der Waals surface area contributed by atoms with E-state index in [4.69, 9.17) is 11.6 Å². The first-order chi connectivity index (χ1) is 13.6. The topological polar surface area (TPSA) is 73.9 Å². The number of nitrogens with one attached hydrogen (secondary N) is 2. The van der Waals surface area contributed by atoms with Crippen LogP contribution in [0, 0.1) is 6.92 Å². The van der Waals surface area contributed by atoms with E-state index in [-0.39, 0.29) is 17.9 Å². The van der Waals surface area contributed by atoms with Gasteiger partial charge in [0.1, 0.15) is 5.82 Å². The molecule has 2 N–H and O–H groups in total. The lowest BCUT2D eigenvalue weighted by Crippen LogP contribution is -2.40. The largest absolute Gasteiger partial charge is 0.347 e. The Balaban J connectivity index is 1.52. The summed E-state index contributed by atoms with van der Waals surface area (Å²) in [4.78, 5) is 19.5. The molecule has 1 aromatic heterocycles. The number of rotatable bonds is 5. The Morgan fingerprint density at radius 1 is 1.21 bits per heavy atom. The Kier molecular flexibility index (Phi) is 5.41. The Bertz CT molecular complexity index is 958. The number of aryl methyl sites for hydroxylation is 1. The van der Waals surface area contributed by atoms with Gasteiger partial charge in [-0.25, -0.2) is 4.98 Å². The number of benzene rings is 2. The van der Waals surface area contributed by atoms with E-state index in [9.17, 15) is 4.79 Å². The van der Waals surface area contributed by atoms with Crippen molar-refractivity contribution in [3.05, 3.63) is 82.4 Å². The zero-order valence-electron chi connectivity index (χ0n) is 15.6. The van der Waals surface area contributed by atoms with Crippen molar-refractivity contribution in [1.29, 1.82) is 0 Å². The Labute approximate surface area is 168 Å². The fraction of sp³-hybridized carbons (Fsp3) is 0.286. The van der Waals surface area contributed by atoms with Gasteiger partial charge in [0.05, 0.1) is 12.0 Å². The molecule has 28 heavy (non-hydrogen) atoms. The van der Waals surface area contributed by atoms with Gasteiger partial charge in [-0.3, -0.25) is 14.8 Å². The van der Waals surface area contributed by atoms with Crippen LogP contribution in [0.2, 0.25) is 5.02 Å². The molecule has 0 aliphatic carbocycles. The first-order valence-electron chi connectivity index (χ1n) is 9.30. The Hall–Kier alpha value is -2.70. The van der Waals surface area contributed by atoms with E-state index in [0.29, 0.717) is 5.56 Å². The van der Waals surface area contributed by atoms with Gasteiger partial charge in [0.25, 0.3) is 5.91 Å². The lowest BCUT2D eigenvalue weighted by molar-refractivity contribution is 0.0934. The van der Waals surface area contributed by atoms with Crippen LogP contribution >= 0.6 is 11.6 Å². The van der Waals surface area contributed by atoms with Gasteiger partial charge in [0.15, 0.2) is 5.82 Å². The Morgan fingerprint density at radius 2 is 2.04 bits per heavy atom. The molecule has 0 bridgehead atoms. The molecule has 7 heteroatoms. The van der Waals surface area contributed by atoms with Crippen molar-refractivity contribution in [1.82, 2.24) is 25.4 Å². The zero-order valence-corrected chi connectivity index (χ0v) is 16.4. The molecule has 0 spiro atoms. The van der Waals surface area contributed by atoms with E-state index >= 15 is 0 Å². The van der Waals surface area contributed by atoms with Gasteiger partial charge in [-0.15, -0.1) is 0 Å². The predicted molar refractivity (Wildman–Crippen MR) is 108 cm³/mol. The van der Waals surface area contributed by atoms with Gasteiger partial charge in [-0.2, -0.15) is 5.10 Å². The molecule has 2 aromatic carbocycles. The molecule has 0 saturated carbocycles. The minimum atomic E-state index is -0.0764. The average Bonchev–Trinajstić information content (AvgIpc) is 3.28. The number of aromatic amines is 1. The van der Waals surface area contributed by atoms with Crippen LogP contribution < -0.4 is 5.32 Å². The van der Waals surface area contributed by atoms with E-state index in [0.717, 1.165) is 41.9 Å². The summed E-state index contributed by atoms with van der Waals surface area (Å²) in [5.74, 6) is 1.46. The van der Waals surface area contributed by atoms with Crippen molar-refractivity contribution in [3.8, 4) is 0 Å². The van der Waals surface area contributed by atoms with Crippen molar-refractivity contribution in [2.45, 2.75) is 25.4 Å². The zero-order chi connectivity index (χ0) is 19.5. The van der Waals surface area contributed by atoms with E-state index < -0.39 is 0 Å². The summed E-state index contributed by atoms with van der Waals surface area (Å²) in [6.07, 6.45) is 0. The second-order valence-corrected chi connectivity index (χ2v) is 7.59. The third-order valence-corrected chi connectivity index (χ3v) is 5.22. The lowest BCUT2D eigenvalue weighted by Gasteiger charge is -2.18. The number of amides is 1. The van der Waals surface area contributed by atoms with Gasteiger partial charge < -0.3 is 5.32 Å². The minimum absolute atomic E-state index is 0.0248. The summed E-state index contributed by atoms with van der Waals surface area (Å²) in [7, 11) is 0. The van der Waals surface area contributed by atoms with Crippen molar-refractivity contribution in [2.24, 2.45) is 0 Å². The minimum Gasteiger partial charge on any atom is -0.347 e. The highest BCUT2D eigenvalue weighted by molar-refractivity contribution is 6.30. The average molecular weight is 396 g/mol. The predicted octanol–water partition coefficient (Wildman–Crippen LogP) is 3.16. The van der Waals surface area contributed by atoms with Gasteiger partial charge in [-0.05, 0) is 36.8 Å². The van der Waals surface area contributed by atoms with Gasteiger partial charge in [-0.1, -0.05) is 41.9 Å². The molecule has 1 fully saturated rings. The first-order valence-corrected chi connectivity index (χ1v) is 9.68. The highest BCUT2D eigenvalue weighted by Crippen LogP contribution is 2.27. The molecule has 1 amide bonds. The summed E-state index contributed by atoms with van der Waals surface area (Å²) >= 11 is 6.12. The fourth-order valence-electron chi connectivity index (χ4n) is 3.68. The maximum Gasteiger partial charge on any atom is 0.251 e. The molecule has 6 nitrogen and oxygen atoms in total. The third-order valence-electron chi connectivity index (χ3n) is 4.99. The quantitative estimate of drug-likeness (QED) is 0.696. The van der Waals surface area contributed by atoms with Crippen LogP contribution in [-0.2, 0) is 6.54 Å². The van der Waals surface area contributed by atoms with Crippen LogP contribution in [0.3, 0.4) is 0 Å². The molecule has 0 radical (unpaired) electrons. The molecule has 4 rings (SSSR count). The maximum absolute atomic E-state index is 12.7. The second kappa shape index (κ2) is 8.12.